The van der Waals surface area contributed by atoms with Gasteiger partial charge in [-0.3, -0.25) is 14.6 Å². The Hall–Kier alpha value is -2.95. The van der Waals surface area contributed by atoms with E-state index in [-0.39, 0.29) is 28.9 Å². The summed E-state index contributed by atoms with van der Waals surface area (Å²) in [5, 5.41) is 10.0. The van der Waals surface area contributed by atoms with E-state index in [1.54, 1.807) is 25.1 Å². The number of phenols is 1. The maximum absolute atomic E-state index is 13.8. The minimum Gasteiger partial charge on any atom is -0.508 e. The van der Waals surface area contributed by atoms with Crippen molar-refractivity contribution in [3.63, 3.8) is 0 Å². The van der Waals surface area contributed by atoms with Crippen molar-refractivity contribution in [2.75, 3.05) is 0 Å². The predicted molar refractivity (Wildman–Crippen MR) is 130 cm³/mol. The van der Waals surface area contributed by atoms with Crippen molar-refractivity contribution < 1.29 is 14.7 Å². The Morgan fingerprint density at radius 3 is 2.30 bits per heavy atom. The molecule has 1 atom stereocenters. The van der Waals surface area contributed by atoms with Crippen LogP contribution in [0.4, 0.5) is 0 Å². The molecule has 174 valence electrons. The second kappa shape index (κ2) is 8.44. The topological polar surface area (TPSA) is 70.0 Å². The molecule has 1 saturated carbocycles. The van der Waals surface area contributed by atoms with Gasteiger partial charge >= 0.3 is 0 Å². The molecule has 2 aliphatic rings. The lowest BCUT2D eigenvalue weighted by atomic mass is 9.69. The number of rotatable bonds is 4. The monoisotopic (exact) mass is 446 g/mol. The summed E-state index contributed by atoms with van der Waals surface area (Å²) in [5.41, 5.74) is 2.36. The smallest absolute Gasteiger partial charge is 0.275 e. The predicted octanol–water partition coefficient (Wildman–Crippen LogP) is 5.92. The molecule has 0 unspecified atom stereocenters. The Morgan fingerprint density at radius 2 is 1.76 bits per heavy atom. The minimum absolute atomic E-state index is 0.0259. The zero-order valence-corrected chi connectivity index (χ0v) is 20.3. The van der Waals surface area contributed by atoms with E-state index in [0.29, 0.717) is 22.8 Å². The van der Waals surface area contributed by atoms with Gasteiger partial charge in [-0.2, -0.15) is 0 Å². The second-order valence-electron chi connectivity index (χ2n) is 10.7. The molecule has 0 bridgehead atoms. The molecular formula is C28H34N2O3. The lowest BCUT2D eigenvalue weighted by molar-refractivity contribution is -0.132. The summed E-state index contributed by atoms with van der Waals surface area (Å²) in [5.74, 6) is 0.640. The van der Waals surface area contributed by atoms with Crippen molar-refractivity contribution >= 4 is 17.4 Å². The number of ketones is 1. The fourth-order valence-electron chi connectivity index (χ4n) is 5.43. The summed E-state index contributed by atoms with van der Waals surface area (Å²) in [4.78, 5) is 32.6. The van der Waals surface area contributed by atoms with Gasteiger partial charge in [-0.15, -0.1) is 0 Å². The SMILES string of the molecule is CC(=O)c1ccc([C@@H](C)N2C(=O)C(c3cccc(O)c3)=NC23CCC(C(C)(C)C)CC3)cc1. The summed E-state index contributed by atoms with van der Waals surface area (Å²) >= 11 is 0. The van der Waals surface area contributed by atoms with Gasteiger partial charge in [-0.05, 0) is 68.6 Å². The molecule has 0 aromatic heterocycles. The quantitative estimate of drug-likeness (QED) is 0.593. The number of amides is 1. The van der Waals surface area contributed by atoms with Crippen LogP contribution in [0.25, 0.3) is 0 Å². The second-order valence-corrected chi connectivity index (χ2v) is 10.7. The molecule has 0 saturated heterocycles. The van der Waals surface area contributed by atoms with Crippen LogP contribution in [0.3, 0.4) is 0 Å². The summed E-state index contributed by atoms with van der Waals surface area (Å²) in [7, 11) is 0. The van der Waals surface area contributed by atoms with Crippen LogP contribution in [0.15, 0.2) is 53.5 Å². The summed E-state index contributed by atoms with van der Waals surface area (Å²) in [6.45, 7) is 10.5. The van der Waals surface area contributed by atoms with E-state index in [4.69, 9.17) is 4.99 Å². The molecule has 33 heavy (non-hydrogen) atoms. The van der Waals surface area contributed by atoms with Gasteiger partial charge in [0.1, 0.15) is 17.1 Å². The molecule has 1 aliphatic heterocycles. The lowest BCUT2D eigenvalue weighted by Gasteiger charge is -2.46. The molecule has 5 nitrogen and oxygen atoms in total. The number of hydrogen-bond donors (Lipinski definition) is 1. The first-order valence-corrected chi connectivity index (χ1v) is 11.9. The van der Waals surface area contributed by atoms with Crippen molar-refractivity contribution in [3.05, 3.63) is 65.2 Å². The van der Waals surface area contributed by atoms with Crippen LogP contribution < -0.4 is 0 Å². The van der Waals surface area contributed by atoms with Gasteiger partial charge in [0.2, 0.25) is 0 Å². The van der Waals surface area contributed by atoms with E-state index in [9.17, 15) is 14.7 Å². The van der Waals surface area contributed by atoms with E-state index < -0.39 is 5.66 Å². The number of aliphatic imine (C=N–C) groups is 1. The number of benzene rings is 2. The number of Topliss-reactive ketones (excluding diaryl/α,β-unsaturated/α-hetero) is 1. The number of carbonyl (C=O) groups excluding carboxylic acids is 2. The van der Waals surface area contributed by atoms with Crippen molar-refractivity contribution in [3.8, 4) is 5.75 Å². The fraction of sp³-hybridized carbons (Fsp3) is 0.464. The maximum atomic E-state index is 13.8. The molecule has 2 aromatic carbocycles. The molecule has 0 radical (unpaired) electrons. The highest BCUT2D eigenvalue weighted by atomic mass is 16.3. The van der Waals surface area contributed by atoms with Crippen molar-refractivity contribution in [2.45, 2.75) is 72.0 Å². The van der Waals surface area contributed by atoms with Gasteiger partial charge < -0.3 is 10.0 Å². The number of aromatic hydroxyl groups is 1. The first-order chi connectivity index (χ1) is 15.5. The molecule has 4 rings (SSSR count). The van der Waals surface area contributed by atoms with E-state index in [1.165, 1.54) is 0 Å². The molecule has 1 amide bonds. The first-order valence-electron chi connectivity index (χ1n) is 11.9. The van der Waals surface area contributed by atoms with Gasteiger partial charge in [0, 0.05) is 11.1 Å². The van der Waals surface area contributed by atoms with Gasteiger partial charge in [0.15, 0.2) is 5.78 Å². The van der Waals surface area contributed by atoms with Crippen LogP contribution in [0.1, 0.15) is 87.8 Å². The fourth-order valence-corrected chi connectivity index (χ4v) is 5.43. The van der Waals surface area contributed by atoms with Crippen LogP contribution in [-0.2, 0) is 4.79 Å². The number of phenolic OH excluding ortho intramolecular Hbond substituents is 1. The number of hydrogen-bond acceptors (Lipinski definition) is 4. The standard InChI is InChI=1S/C28H34N2O3/c1-18(20-9-11-21(12-10-20)19(2)31)30-26(33)25(22-7-6-8-24(32)17-22)29-28(30)15-13-23(14-16-28)27(3,4)5/h6-12,17-18,23,32H,13-16H2,1-5H3/t18-,23?,28?/m1/s1. The van der Waals surface area contributed by atoms with Gasteiger partial charge in [0.25, 0.3) is 5.91 Å². The average Bonchev–Trinajstić information content (AvgIpc) is 3.04. The number of carbonyl (C=O) groups is 2. The largest absolute Gasteiger partial charge is 0.508 e. The van der Waals surface area contributed by atoms with E-state index >= 15 is 0 Å². The highest BCUT2D eigenvalue weighted by molar-refractivity contribution is 6.46. The molecule has 2 aromatic rings. The Balaban J connectivity index is 1.72. The summed E-state index contributed by atoms with van der Waals surface area (Å²) in [6.07, 6.45) is 3.66. The molecule has 1 aliphatic carbocycles. The zero-order chi connectivity index (χ0) is 24.0. The average molecular weight is 447 g/mol. The molecule has 1 heterocycles. The Bertz CT molecular complexity index is 1090. The zero-order valence-electron chi connectivity index (χ0n) is 20.3. The van der Waals surface area contributed by atoms with Crippen LogP contribution in [0.5, 0.6) is 5.75 Å². The Kier molecular flexibility index (Phi) is 5.94. The van der Waals surface area contributed by atoms with Crippen molar-refractivity contribution in [1.82, 2.24) is 4.90 Å². The van der Waals surface area contributed by atoms with E-state index in [0.717, 1.165) is 31.2 Å². The molecule has 1 fully saturated rings. The van der Waals surface area contributed by atoms with Crippen LogP contribution in [0, 0.1) is 11.3 Å². The highest BCUT2D eigenvalue weighted by Crippen LogP contribution is 2.49. The van der Waals surface area contributed by atoms with E-state index in [1.807, 2.05) is 42.2 Å². The van der Waals surface area contributed by atoms with Crippen LogP contribution >= 0.6 is 0 Å². The van der Waals surface area contributed by atoms with Crippen LogP contribution in [0.2, 0.25) is 0 Å². The number of nitrogens with zero attached hydrogens (tertiary/aromatic N) is 2. The molecule has 5 heteroatoms. The van der Waals surface area contributed by atoms with Crippen LogP contribution in [-0.4, -0.2) is 33.1 Å². The van der Waals surface area contributed by atoms with Crippen molar-refractivity contribution in [2.24, 2.45) is 16.3 Å². The molecular weight excluding hydrogens is 412 g/mol. The molecule has 1 N–H and O–H groups in total. The Labute approximate surface area is 196 Å². The normalized spacial score (nSPS) is 24.2. The van der Waals surface area contributed by atoms with Crippen molar-refractivity contribution in [1.29, 1.82) is 0 Å². The van der Waals surface area contributed by atoms with E-state index in [2.05, 4.69) is 20.8 Å². The minimum atomic E-state index is -0.585. The lowest BCUT2D eigenvalue weighted by Crippen LogP contribution is -2.50. The summed E-state index contributed by atoms with van der Waals surface area (Å²) in [6, 6.07) is 14.1. The molecule has 1 spiro atoms. The summed E-state index contributed by atoms with van der Waals surface area (Å²) < 4.78 is 0. The first kappa shape index (κ1) is 23.2. The third kappa shape index (κ3) is 4.33. The third-order valence-electron chi connectivity index (χ3n) is 7.51. The highest BCUT2D eigenvalue weighted by Gasteiger charge is 2.51. The van der Waals surface area contributed by atoms with Gasteiger partial charge in [0.05, 0.1) is 6.04 Å². The van der Waals surface area contributed by atoms with Gasteiger partial charge in [-0.1, -0.05) is 57.2 Å². The third-order valence-corrected chi connectivity index (χ3v) is 7.51. The maximum Gasteiger partial charge on any atom is 0.275 e. The Morgan fingerprint density at radius 1 is 1.12 bits per heavy atom. The van der Waals surface area contributed by atoms with Gasteiger partial charge in [-0.25, -0.2) is 0 Å².